The molecule has 0 aromatic heterocycles. The second-order valence-corrected chi connectivity index (χ2v) is 5.16. The standard InChI is InChI=1S/C16H18F2N2O/c17-16(18)21-15-5-3-12-10-14(4-2-13(12)11-15)20-8-1-6-19-7-9-20/h2-5,10-11,16,19H,1,6-9H2. The van der Waals surface area contributed by atoms with E-state index in [2.05, 4.69) is 21.0 Å². The molecule has 3 rings (SSSR count). The van der Waals surface area contributed by atoms with Gasteiger partial charge in [0.05, 0.1) is 0 Å². The van der Waals surface area contributed by atoms with Crippen LogP contribution in [0.3, 0.4) is 0 Å². The van der Waals surface area contributed by atoms with Gasteiger partial charge in [0.25, 0.3) is 0 Å². The molecular weight excluding hydrogens is 274 g/mol. The van der Waals surface area contributed by atoms with Gasteiger partial charge in [-0.15, -0.1) is 0 Å². The number of ether oxygens (including phenoxy) is 1. The predicted molar refractivity (Wildman–Crippen MR) is 80.3 cm³/mol. The lowest BCUT2D eigenvalue weighted by Crippen LogP contribution is -2.27. The Morgan fingerprint density at radius 3 is 2.67 bits per heavy atom. The Morgan fingerprint density at radius 1 is 1.00 bits per heavy atom. The Labute approximate surface area is 122 Å². The van der Waals surface area contributed by atoms with Crippen molar-refractivity contribution in [2.45, 2.75) is 13.0 Å². The fourth-order valence-corrected chi connectivity index (χ4v) is 2.69. The van der Waals surface area contributed by atoms with Gasteiger partial charge in [-0.05, 0) is 48.0 Å². The second-order valence-electron chi connectivity index (χ2n) is 5.16. The number of anilines is 1. The number of alkyl halides is 2. The zero-order valence-electron chi connectivity index (χ0n) is 11.7. The molecule has 0 atom stereocenters. The topological polar surface area (TPSA) is 24.5 Å². The highest BCUT2D eigenvalue weighted by molar-refractivity contribution is 5.87. The zero-order valence-corrected chi connectivity index (χ0v) is 11.7. The minimum Gasteiger partial charge on any atom is -0.435 e. The normalized spacial score (nSPS) is 16.2. The van der Waals surface area contributed by atoms with E-state index in [1.165, 1.54) is 5.69 Å². The van der Waals surface area contributed by atoms with Crippen LogP contribution in [0.5, 0.6) is 5.75 Å². The molecule has 2 aromatic rings. The molecule has 1 saturated heterocycles. The summed E-state index contributed by atoms with van der Waals surface area (Å²) in [6.07, 6.45) is 1.12. The molecule has 1 heterocycles. The molecule has 0 radical (unpaired) electrons. The quantitative estimate of drug-likeness (QED) is 0.940. The van der Waals surface area contributed by atoms with Crippen molar-refractivity contribution in [1.82, 2.24) is 5.32 Å². The number of nitrogens with one attached hydrogen (secondary N) is 1. The molecule has 0 aliphatic carbocycles. The molecule has 2 aromatic carbocycles. The molecule has 1 aliphatic rings. The summed E-state index contributed by atoms with van der Waals surface area (Å²) in [5.41, 5.74) is 1.17. The summed E-state index contributed by atoms with van der Waals surface area (Å²) < 4.78 is 28.9. The van der Waals surface area contributed by atoms with E-state index in [4.69, 9.17) is 0 Å². The van der Waals surface area contributed by atoms with Crippen LogP contribution >= 0.6 is 0 Å². The van der Waals surface area contributed by atoms with Crippen molar-refractivity contribution in [1.29, 1.82) is 0 Å². The van der Waals surface area contributed by atoms with Crippen molar-refractivity contribution in [3.63, 3.8) is 0 Å². The van der Waals surface area contributed by atoms with Crippen molar-refractivity contribution >= 4 is 16.5 Å². The van der Waals surface area contributed by atoms with Gasteiger partial charge in [-0.25, -0.2) is 0 Å². The summed E-state index contributed by atoms with van der Waals surface area (Å²) in [5, 5.41) is 5.32. The molecular formula is C16H18F2N2O. The molecule has 0 spiro atoms. The van der Waals surface area contributed by atoms with Gasteiger partial charge >= 0.3 is 6.61 Å². The van der Waals surface area contributed by atoms with E-state index < -0.39 is 6.61 Å². The number of fused-ring (bicyclic) bond motifs is 1. The summed E-state index contributed by atoms with van der Waals surface area (Å²) in [4.78, 5) is 2.35. The summed E-state index contributed by atoms with van der Waals surface area (Å²) >= 11 is 0. The molecule has 0 saturated carbocycles. The Balaban J connectivity index is 1.86. The lowest BCUT2D eigenvalue weighted by molar-refractivity contribution is -0.0497. The average Bonchev–Trinajstić information content (AvgIpc) is 2.75. The van der Waals surface area contributed by atoms with Crippen LogP contribution in [0.25, 0.3) is 10.8 Å². The molecule has 0 amide bonds. The minimum atomic E-state index is -2.79. The van der Waals surface area contributed by atoms with Crippen molar-refractivity contribution in [3.05, 3.63) is 36.4 Å². The number of halogens is 2. The van der Waals surface area contributed by atoms with Gasteiger partial charge in [-0.3, -0.25) is 0 Å². The maximum absolute atomic E-state index is 12.2. The molecule has 1 aliphatic heterocycles. The predicted octanol–water partition coefficient (Wildman–Crippen LogP) is 3.24. The molecule has 1 fully saturated rings. The van der Waals surface area contributed by atoms with E-state index in [1.807, 2.05) is 18.2 Å². The Kier molecular flexibility index (Phi) is 4.20. The van der Waals surface area contributed by atoms with Crippen LogP contribution in [0.4, 0.5) is 14.5 Å². The smallest absolute Gasteiger partial charge is 0.387 e. The highest BCUT2D eigenvalue weighted by atomic mass is 19.3. The Hall–Kier alpha value is -1.88. The van der Waals surface area contributed by atoms with Crippen LogP contribution in [0.15, 0.2) is 36.4 Å². The van der Waals surface area contributed by atoms with Gasteiger partial charge in [-0.1, -0.05) is 12.1 Å². The van der Waals surface area contributed by atoms with Gasteiger partial charge < -0.3 is 15.0 Å². The van der Waals surface area contributed by atoms with Crippen molar-refractivity contribution in [3.8, 4) is 5.75 Å². The lowest BCUT2D eigenvalue weighted by atomic mass is 10.1. The van der Waals surface area contributed by atoms with E-state index >= 15 is 0 Å². The van der Waals surface area contributed by atoms with E-state index in [1.54, 1.807) is 12.1 Å². The van der Waals surface area contributed by atoms with Crippen LogP contribution in [0.1, 0.15) is 6.42 Å². The third kappa shape index (κ3) is 3.42. The van der Waals surface area contributed by atoms with Crippen LogP contribution in [0, 0.1) is 0 Å². The van der Waals surface area contributed by atoms with Gasteiger partial charge in [0, 0.05) is 25.3 Å². The highest BCUT2D eigenvalue weighted by Gasteiger charge is 2.10. The first-order chi connectivity index (χ1) is 10.2. The first-order valence-corrected chi connectivity index (χ1v) is 7.17. The summed E-state index contributed by atoms with van der Waals surface area (Å²) in [6.45, 7) is 1.27. The van der Waals surface area contributed by atoms with Gasteiger partial charge in [-0.2, -0.15) is 8.78 Å². The SMILES string of the molecule is FC(F)Oc1ccc2cc(N3CCCNCC3)ccc2c1. The molecule has 0 unspecified atom stereocenters. The summed E-state index contributed by atoms with van der Waals surface area (Å²) in [7, 11) is 0. The van der Waals surface area contributed by atoms with E-state index in [0.29, 0.717) is 0 Å². The van der Waals surface area contributed by atoms with Gasteiger partial charge in [0.2, 0.25) is 0 Å². The first kappa shape index (κ1) is 14.1. The van der Waals surface area contributed by atoms with Crippen LogP contribution in [-0.2, 0) is 0 Å². The third-order valence-electron chi connectivity index (χ3n) is 3.73. The Bertz CT molecular complexity index is 610. The summed E-state index contributed by atoms with van der Waals surface area (Å²) in [6, 6.07) is 11.2. The largest absolute Gasteiger partial charge is 0.435 e. The molecule has 21 heavy (non-hydrogen) atoms. The number of benzene rings is 2. The number of nitrogens with zero attached hydrogens (tertiary/aromatic N) is 1. The maximum Gasteiger partial charge on any atom is 0.387 e. The Morgan fingerprint density at radius 2 is 1.81 bits per heavy atom. The monoisotopic (exact) mass is 292 g/mol. The van der Waals surface area contributed by atoms with Crippen molar-refractivity contribution in [2.24, 2.45) is 0 Å². The van der Waals surface area contributed by atoms with Gasteiger partial charge in [0.1, 0.15) is 5.75 Å². The third-order valence-corrected chi connectivity index (χ3v) is 3.73. The van der Waals surface area contributed by atoms with Crippen LogP contribution in [-0.4, -0.2) is 32.8 Å². The molecule has 1 N–H and O–H groups in total. The summed E-state index contributed by atoms with van der Waals surface area (Å²) in [5.74, 6) is 0.198. The minimum absolute atomic E-state index is 0.198. The fourth-order valence-electron chi connectivity index (χ4n) is 2.69. The van der Waals surface area contributed by atoms with Crippen LogP contribution in [0.2, 0.25) is 0 Å². The maximum atomic E-state index is 12.2. The van der Waals surface area contributed by atoms with Crippen molar-refractivity contribution < 1.29 is 13.5 Å². The molecule has 3 nitrogen and oxygen atoms in total. The van der Waals surface area contributed by atoms with E-state index in [0.717, 1.165) is 43.4 Å². The fraction of sp³-hybridized carbons (Fsp3) is 0.375. The lowest BCUT2D eigenvalue weighted by Gasteiger charge is -2.22. The van der Waals surface area contributed by atoms with Crippen LogP contribution < -0.4 is 15.0 Å². The highest BCUT2D eigenvalue weighted by Crippen LogP contribution is 2.26. The van der Waals surface area contributed by atoms with E-state index in [9.17, 15) is 8.78 Å². The molecule has 112 valence electrons. The van der Waals surface area contributed by atoms with Gasteiger partial charge in [0.15, 0.2) is 0 Å². The van der Waals surface area contributed by atoms with Crippen molar-refractivity contribution in [2.75, 3.05) is 31.1 Å². The first-order valence-electron chi connectivity index (χ1n) is 7.17. The van der Waals surface area contributed by atoms with E-state index in [-0.39, 0.29) is 5.75 Å². The molecule has 0 bridgehead atoms. The number of rotatable bonds is 3. The average molecular weight is 292 g/mol. The number of hydrogen-bond donors (Lipinski definition) is 1. The molecule has 5 heteroatoms. The second kappa shape index (κ2) is 6.26. The zero-order chi connectivity index (χ0) is 14.7. The number of hydrogen-bond acceptors (Lipinski definition) is 3.